The number of carbonyl (C=O) groups excluding carboxylic acids is 2. The second-order valence-electron chi connectivity index (χ2n) is 5.30. The Morgan fingerprint density at radius 3 is 2.61 bits per heavy atom. The molecule has 5 heteroatoms. The van der Waals surface area contributed by atoms with Crippen LogP contribution in [0.15, 0.2) is 0 Å². The van der Waals surface area contributed by atoms with Crippen LogP contribution in [-0.2, 0) is 9.59 Å². The van der Waals surface area contributed by atoms with E-state index in [4.69, 9.17) is 0 Å². The van der Waals surface area contributed by atoms with Gasteiger partial charge in [0, 0.05) is 19.1 Å². The van der Waals surface area contributed by atoms with Gasteiger partial charge in [-0.15, -0.1) is 0 Å². The Bertz CT molecular complexity index is 313. The molecule has 2 amide bonds. The molecule has 0 saturated carbocycles. The molecule has 0 aromatic carbocycles. The van der Waals surface area contributed by atoms with Gasteiger partial charge in [-0.25, -0.2) is 0 Å². The molecule has 2 N–H and O–H groups in total. The topological polar surface area (TPSA) is 61.4 Å². The maximum Gasteiger partial charge on any atom is 0.241 e. The molecule has 0 spiro atoms. The van der Waals surface area contributed by atoms with Gasteiger partial charge in [0.2, 0.25) is 11.8 Å². The Morgan fingerprint density at radius 2 is 2.00 bits per heavy atom. The van der Waals surface area contributed by atoms with Crippen molar-refractivity contribution in [3.8, 4) is 0 Å². The maximum absolute atomic E-state index is 11.9. The minimum atomic E-state index is 0.0119. The first kappa shape index (κ1) is 13.3. The molecule has 0 bridgehead atoms. The van der Waals surface area contributed by atoms with Gasteiger partial charge in [0.05, 0.1) is 12.5 Å². The molecule has 2 saturated heterocycles. The lowest BCUT2D eigenvalue weighted by Gasteiger charge is -2.27. The van der Waals surface area contributed by atoms with Gasteiger partial charge in [0.15, 0.2) is 0 Å². The highest BCUT2D eigenvalue weighted by molar-refractivity contribution is 5.86. The summed E-state index contributed by atoms with van der Waals surface area (Å²) >= 11 is 0. The van der Waals surface area contributed by atoms with Crippen molar-refractivity contribution in [2.45, 2.75) is 38.6 Å². The largest absolute Gasteiger partial charge is 0.347 e. The lowest BCUT2D eigenvalue weighted by atomic mass is 10.0. The summed E-state index contributed by atoms with van der Waals surface area (Å²) in [6.07, 6.45) is 4.25. The number of nitrogens with one attached hydrogen (secondary N) is 2. The van der Waals surface area contributed by atoms with Gasteiger partial charge in [-0.3, -0.25) is 9.59 Å². The van der Waals surface area contributed by atoms with Gasteiger partial charge in [-0.05, 0) is 39.2 Å². The maximum atomic E-state index is 11.9. The molecule has 2 aliphatic rings. The van der Waals surface area contributed by atoms with Gasteiger partial charge in [0.25, 0.3) is 0 Å². The van der Waals surface area contributed by atoms with Crippen molar-refractivity contribution in [2.75, 3.05) is 26.2 Å². The van der Waals surface area contributed by atoms with Gasteiger partial charge in [-0.2, -0.15) is 0 Å². The SMILES string of the molecule is CC1NCCC1C(=O)NCC(=O)N1CCCCC1. The third-order valence-electron chi connectivity index (χ3n) is 3.98. The van der Waals surface area contributed by atoms with E-state index in [2.05, 4.69) is 10.6 Å². The summed E-state index contributed by atoms with van der Waals surface area (Å²) in [7, 11) is 0. The van der Waals surface area contributed by atoms with Gasteiger partial charge < -0.3 is 15.5 Å². The molecule has 0 aromatic heterocycles. The zero-order valence-electron chi connectivity index (χ0n) is 11.1. The quantitative estimate of drug-likeness (QED) is 0.750. The smallest absolute Gasteiger partial charge is 0.241 e. The Balaban J connectivity index is 1.73. The highest BCUT2D eigenvalue weighted by Crippen LogP contribution is 2.15. The lowest BCUT2D eigenvalue weighted by molar-refractivity contribution is -0.134. The molecule has 2 rings (SSSR count). The van der Waals surface area contributed by atoms with Crippen LogP contribution in [0.1, 0.15) is 32.6 Å². The highest BCUT2D eigenvalue weighted by Gasteiger charge is 2.29. The van der Waals surface area contributed by atoms with Gasteiger partial charge >= 0.3 is 0 Å². The Kier molecular flexibility index (Phi) is 4.58. The van der Waals surface area contributed by atoms with Crippen LogP contribution in [0.25, 0.3) is 0 Å². The summed E-state index contributed by atoms with van der Waals surface area (Å²) in [5.74, 6) is 0.0821. The second kappa shape index (κ2) is 6.18. The fraction of sp³-hybridized carbons (Fsp3) is 0.846. The summed E-state index contributed by atoms with van der Waals surface area (Å²) < 4.78 is 0. The molecule has 18 heavy (non-hydrogen) atoms. The molecule has 2 aliphatic heterocycles. The zero-order valence-corrected chi connectivity index (χ0v) is 11.1. The van der Waals surface area contributed by atoms with Crippen LogP contribution in [0.5, 0.6) is 0 Å². The summed E-state index contributed by atoms with van der Waals surface area (Å²) in [4.78, 5) is 25.7. The number of rotatable bonds is 3. The molecular formula is C13H23N3O2. The van der Waals surface area contributed by atoms with Crippen molar-refractivity contribution in [3.63, 3.8) is 0 Å². The molecule has 5 nitrogen and oxygen atoms in total. The van der Waals surface area contributed by atoms with Crippen molar-refractivity contribution in [2.24, 2.45) is 5.92 Å². The van der Waals surface area contributed by atoms with Crippen LogP contribution in [0.4, 0.5) is 0 Å². The van der Waals surface area contributed by atoms with Crippen LogP contribution >= 0.6 is 0 Å². The molecule has 2 fully saturated rings. The Morgan fingerprint density at radius 1 is 1.28 bits per heavy atom. The minimum absolute atomic E-state index is 0.0119. The van der Waals surface area contributed by atoms with Crippen molar-refractivity contribution in [1.82, 2.24) is 15.5 Å². The molecule has 2 heterocycles. The molecule has 102 valence electrons. The monoisotopic (exact) mass is 253 g/mol. The highest BCUT2D eigenvalue weighted by atomic mass is 16.2. The minimum Gasteiger partial charge on any atom is -0.347 e. The van der Waals surface area contributed by atoms with E-state index in [0.29, 0.717) is 0 Å². The number of piperidine rings is 1. The number of hydrogen-bond acceptors (Lipinski definition) is 3. The summed E-state index contributed by atoms with van der Waals surface area (Å²) in [5, 5.41) is 6.03. The molecular weight excluding hydrogens is 230 g/mol. The normalized spacial score (nSPS) is 28.2. The Hall–Kier alpha value is -1.10. The van der Waals surface area contributed by atoms with Crippen LogP contribution in [0.2, 0.25) is 0 Å². The van der Waals surface area contributed by atoms with E-state index in [0.717, 1.165) is 38.9 Å². The van der Waals surface area contributed by atoms with E-state index >= 15 is 0 Å². The first-order valence-electron chi connectivity index (χ1n) is 6.97. The first-order chi connectivity index (χ1) is 8.68. The van der Waals surface area contributed by atoms with E-state index in [1.165, 1.54) is 6.42 Å². The van der Waals surface area contributed by atoms with Crippen molar-refractivity contribution < 1.29 is 9.59 Å². The van der Waals surface area contributed by atoms with E-state index in [1.54, 1.807) is 0 Å². The average molecular weight is 253 g/mol. The van der Waals surface area contributed by atoms with Crippen molar-refractivity contribution >= 4 is 11.8 Å². The van der Waals surface area contributed by atoms with Gasteiger partial charge in [0.1, 0.15) is 0 Å². The number of carbonyl (C=O) groups is 2. The number of hydrogen-bond donors (Lipinski definition) is 2. The van der Waals surface area contributed by atoms with E-state index in [-0.39, 0.29) is 30.3 Å². The fourth-order valence-electron chi connectivity index (χ4n) is 2.77. The first-order valence-corrected chi connectivity index (χ1v) is 6.97. The van der Waals surface area contributed by atoms with Crippen LogP contribution in [0, 0.1) is 5.92 Å². The van der Waals surface area contributed by atoms with Crippen molar-refractivity contribution in [3.05, 3.63) is 0 Å². The number of nitrogens with zero attached hydrogens (tertiary/aromatic N) is 1. The summed E-state index contributed by atoms with van der Waals surface area (Å²) in [5.41, 5.74) is 0. The summed E-state index contributed by atoms with van der Waals surface area (Å²) in [6, 6.07) is 0.218. The third-order valence-corrected chi connectivity index (χ3v) is 3.98. The van der Waals surface area contributed by atoms with E-state index in [1.807, 2.05) is 11.8 Å². The van der Waals surface area contributed by atoms with Crippen LogP contribution in [-0.4, -0.2) is 48.9 Å². The summed E-state index contributed by atoms with van der Waals surface area (Å²) in [6.45, 7) is 4.75. The number of amides is 2. The molecule has 0 aromatic rings. The molecule has 2 unspecified atom stereocenters. The van der Waals surface area contributed by atoms with E-state index < -0.39 is 0 Å². The standard InChI is InChI=1S/C13H23N3O2/c1-10-11(5-6-14-10)13(18)15-9-12(17)16-7-3-2-4-8-16/h10-11,14H,2-9H2,1H3,(H,15,18). The fourth-order valence-corrected chi connectivity index (χ4v) is 2.77. The molecule has 0 radical (unpaired) electrons. The van der Waals surface area contributed by atoms with Crippen LogP contribution in [0.3, 0.4) is 0 Å². The lowest BCUT2D eigenvalue weighted by Crippen LogP contribution is -2.45. The van der Waals surface area contributed by atoms with E-state index in [9.17, 15) is 9.59 Å². The molecule has 2 atom stereocenters. The predicted octanol–water partition coefficient (Wildman–Crippen LogP) is 0.113. The average Bonchev–Trinajstić information content (AvgIpc) is 2.83. The predicted molar refractivity (Wildman–Crippen MR) is 69.0 cm³/mol. The molecule has 0 aliphatic carbocycles. The zero-order chi connectivity index (χ0) is 13.0. The Labute approximate surface area is 108 Å². The van der Waals surface area contributed by atoms with Gasteiger partial charge in [-0.1, -0.05) is 0 Å². The third kappa shape index (κ3) is 3.22. The second-order valence-corrected chi connectivity index (χ2v) is 5.30. The van der Waals surface area contributed by atoms with Crippen molar-refractivity contribution in [1.29, 1.82) is 0 Å². The number of likely N-dealkylation sites (tertiary alicyclic amines) is 1. The van der Waals surface area contributed by atoms with Crippen LogP contribution < -0.4 is 10.6 Å².